The zero-order chi connectivity index (χ0) is 20.5. The van der Waals surface area contributed by atoms with E-state index in [2.05, 4.69) is 24.5 Å². The molecule has 1 unspecified atom stereocenters. The molecule has 5 heteroatoms. The number of hydrogen-bond acceptors (Lipinski definition) is 4. The van der Waals surface area contributed by atoms with Crippen molar-refractivity contribution in [2.24, 2.45) is 0 Å². The second-order valence-electron chi connectivity index (χ2n) is 6.44. The van der Waals surface area contributed by atoms with Crippen LogP contribution in [-0.4, -0.2) is 13.0 Å². The van der Waals surface area contributed by atoms with Crippen LogP contribution in [-0.2, 0) is 17.6 Å². The summed E-state index contributed by atoms with van der Waals surface area (Å²) in [4.78, 5) is 12.5. The molecule has 2 N–H and O–H groups in total. The Balaban J connectivity index is 2.14. The Morgan fingerprint density at radius 2 is 1.75 bits per heavy atom. The Morgan fingerprint density at radius 3 is 2.25 bits per heavy atom. The minimum Gasteiger partial charge on any atom is -0.497 e. The van der Waals surface area contributed by atoms with Crippen LogP contribution in [0.4, 0.5) is 5.69 Å². The zero-order valence-corrected chi connectivity index (χ0v) is 16.9. The Bertz CT molecular complexity index is 857. The third-order valence-corrected chi connectivity index (χ3v) is 4.69. The van der Waals surface area contributed by atoms with Gasteiger partial charge in [-0.1, -0.05) is 44.2 Å². The first-order valence-corrected chi connectivity index (χ1v) is 9.46. The van der Waals surface area contributed by atoms with Gasteiger partial charge in [0.1, 0.15) is 17.4 Å². The molecule has 0 fully saturated rings. The molecule has 0 aliphatic heterocycles. The summed E-state index contributed by atoms with van der Waals surface area (Å²) >= 11 is 0. The lowest BCUT2D eigenvalue weighted by atomic mass is 10.0. The van der Waals surface area contributed by atoms with Crippen LogP contribution in [0.2, 0.25) is 0 Å². The van der Waals surface area contributed by atoms with Crippen molar-refractivity contribution in [2.45, 2.75) is 39.7 Å². The lowest BCUT2D eigenvalue weighted by Crippen LogP contribution is -2.28. The lowest BCUT2D eigenvalue weighted by molar-refractivity contribution is -0.117. The lowest BCUT2D eigenvalue weighted by Gasteiger charge is -2.15. The molecule has 0 spiro atoms. The number of nitrogens with zero attached hydrogens (tertiary/aromatic N) is 1. The number of amides is 1. The number of para-hydroxylation sites is 1. The van der Waals surface area contributed by atoms with Crippen molar-refractivity contribution in [3.05, 3.63) is 70.9 Å². The van der Waals surface area contributed by atoms with Gasteiger partial charge < -0.3 is 15.4 Å². The first-order chi connectivity index (χ1) is 13.5. The van der Waals surface area contributed by atoms with E-state index in [1.165, 1.54) is 6.20 Å². The summed E-state index contributed by atoms with van der Waals surface area (Å²) < 4.78 is 5.15. The maximum atomic E-state index is 12.5. The second kappa shape index (κ2) is 10.2. The molecular formula is C23H27N3O2. The van der Waals surface area contributed by atoms with Gasteiger partial charge >= 0.3 is 0 Å². The van der Waals surface area contributed by atoms with E-state index in [0.29, 0.717) is 0 Å². The van der Waals surface area contributed by atoms with Crippen LogP contribution in [0.25, 0.3) is 0 Å². The molecule has 0 radical (unpaired) electrons. The van der Waals surface area contributed by atoms with Crippen molar-refractivity contribution < 1.29 is 9.53 Å². The number of hydrogen-bond donors (Lipinski definition) is 2. The van der Waals surface area contributed by atoms with Gasteiger partial charge in [0.2, 0.25) is 0 Å². The molecule has 2 rings (SSSR count). The summed E-state index contributed by atoms with van der Waals surface area (Å²) in [5, 5.41) is 15.5. The SMILES string of the molecule is CCc1cccc(CC)c1N/C=C(/C#N)C(=O)NC(C)c1ccc(OC)cc1. The van der Waals surface area contributed by atoms with E-state index in [-0.39, 0.29) is 11.6 Å². The van der Waals surface area contributed by atoms with Crippen molar-refractivity contribution in [2.75, 3.05) is 12.4 Å². The summed E-state index contributed by atoms with van der Waals surface area (Å²) in [6, 6.07) is 15.3. The molecule has 0 heterocycles. The fourth-order valence-corrected chi connectivity index (χ4v) is 2.97. The molecule has 0 saturated carbocycles. The number of carbonyl (C=O) groups is 1. The highest BCUT2D eigenvalue weighted by Crippen LogP contribution is 2.23. The van der Waals surface area contributed by atoms with Crippen LogP contribution in [0, 0.1) is 11.3 Å². The highest BCUT2D eigenvalue weighted by molar-refractivity contribution is 5.97. The predicted octanol–water partition coefficient (Wildman–Crippen LogP) is 4.52. The van der Waals surface area contributed by atoms with E-state index in [4.69, 9.17) is 4.74 Å². The van der Waals surface area contributed by atoms with Crippen LogP contribution >= 0.6 is 0 Å². The van der Waals surface area contributed by atoms with E-state index < -0.39 is 5.91 Å². The average molecular weight is 377 g/mol. The topological polar surface area (TPSA) is 74.2 Å². The molecule has 2 aromatic carbocycles. The quantitative estimate of drug-likeness (QED) is 0.524. The number of nitrogens with one attached hydrogen (secondary N) is 2. The van der Waals surface area contributed by atoms with Gasteiger partial charge in [0.05, 0.1) is 13.2 Å². The molecule has 2 aromatic rings. The Hall–Kier alpha value is -3.26. The number of aryl methyl sites for hydroxylation is 2. The maximum Gasteiger partial charge on any atom is 0.263 e. The van der Waals surface area contributed by atoms with Gasteiger partial charge in [0.15, 0.2) is 0 Å². The van der Waals surface area contributed by atoms with Gasteiger partial charge in [-0.15, -0.1) is 0 Å². The summed E-state index contributed by atoms with van der Waals surface area (Å²) in [5.41, 5.74) is 4.24. The fraction of sp³-hybridized carbons (Fsp3) is 0.304. The fourth-order valence-electron chi connectivity index (χ4n) is 2.97. The summed E-state index contributed by atoms with van der Waals surface area (Å²) in [6.07, 6.45) is 3.23. The van der Waals surface area contributed by atoms with Gasteiger partial charge in [-0.3, -0.25) is 4.79 Å². The molecule has 1 amide bonds. The molecule has 5 nitrogen and oxygen atoms in total. The van der Waals surface area contributed by atoms with Crippen LogP contribution in [0.5, 0.6) is 5.75 Å². The molecule has 0 aliphatic rings. The number of rotatable bonds is 8. The average Bonchev–Trinajstić information content (AvgIpc) is 2.73. The van der Waals surface area contributed by atoms with Crippen molar-refractivity contribution >= 4 is 11.6 Å². The molecule has 0 saturated heterocycles. The summed E-state index contributed by atoms with van der Waals surface area (Å²) in [5.74, 6) is 0.343. The molecule has 146 valence electrons. The van der Waals surface area contributed by atoms with E-state index in [1.54, 1.807) is 7.11 Å². The van der Waals surface area contributed by atoms with Crippen LogP contribution < -0.4 is 15.4 Å². The van der Waals surface area contributed by atoms with E-state index >= 15 is 0 Å². The monoisotopic (exact) mass is 377 g/mol. The third-order valence-electron chi connectivity index (χ3n) is 4.69. The third kappa shape index (κ3) is 5.14. The van der Waals surface area contributed by atoms with Gasteiger partial charge in [0.25, 0.3) is 5.91 Å². The van der Waals surface area contributed by atoms with Crippen molar-refractivity contribution in [1.29, 1.82) is 5.26 Å². The standard InChI is InChI=1S/C23H27N3O2/c1-5-17-8-7-9-18(6-2)22(17)25-15-20(14-24)23(27)26-16(3)19-10-12-21(28-4)13-11-19/h7-13,15-16,25H,5-6H2,1-4H3,(H,26,27)/b20-15-. The predicted molar refractivity (Wildman–Crippen MR) is 112 cm³/mol. The normalized spacial score (nSPS) is 12.0. The first-order valence-electron chi connectivity index (χ1n) is 9.46. The van der Waals surface area contributed by atoms with Crippen LogP contribution in [0.1, 0.15) is 43.5 Å². The number of anilines is 1. The van der Waals surface area contributed by atoms with Crippen molar-refractivity contribution in [1.82, 2.24) is 5.32 Å². The van der Waals surface area contributed by atoms with Gasteiger partial charge in [-0.2, -0.15) is 5.26 Å². The van der Waals surface area contributed by atoms with Crippen LogP contribution in [0.15, 0.2) is 54.2 Å². The number of benzene rings is 2. The zero-order valence-electron chi connectivity index (χ0n) is 16.9. The molecule has 0 aromatic heterocycles. The smallest absolute Gasteiger partial charge is 0.263 e. The van der Waals surface area contributed by atoms with E-state index in [9.17, 15) is 10.1 Å². The largest absolute Gasteiger partial charge is 0.497 e. The molecular weight excluding hydrogens is 350 g/mol. The Kier molecular flexibility index (Phi) is 7.65. The van der Waals surface area contributed by atoms with E-state index in [0.717, 1.165) is 41.0 Å². The van der Waals surface area contributed by atoms with Crippen molar-refractivity contribution in [3.8, 4) is 11.8 Å². The minimum absolute atomic E-state index is 0.0355. The Morgan fingerprint density at radius 1 is 1.14 bits per heavy atom. The summed E-state index contributed by atoms with van der Waals surface area (Å²) in [6.45, 7) is 6.04. The van der Waals surface area contributed by atoms with Gasteiger partial charge in [-0.05, 0) is 48.6 Å². The number of methoxy groups -OCH3 is 1. The number of ether oxygens (including phenoxy) is 1. The second-order valence-corrected chi connectivity index (χ2v) is 6.44. The van der Waals surface area contributed by atoms with Gasteiger partial charge in [-0.25, -0.2) is 0 Å². The van der Waals surface area contributed by atoms with Crippen molar-refractivity contribution in [3.63, 3.8) is 0 Å². The summed E-state index contributed by atoms with van der Waals surface area (Å²) in [7, 11) is 1.61. The Labute approximate surface area is 167 Å². The molecule has 0 aliphatic carbocycles. The van der Waals surface area contributed by atoms with Crippen LogP contribution in [0.3, 0.4) is 0 Å². The van der Waals surface area contributed by atoms with Gasteiger partial charge in [0, 0.05) is 11.9 Å². The first kappa shape index (κ1) is 21.0. The molecule has 0 bridgehead atoms. The highest BCUT2D eigenvalue weighted by Gasteiger charge is 2.14. The minimum atomic E-state index is -0.412. The number of carbonyl (C=O) groups excluding carboxylic acids is 1. The molecule has 1 atom stereocenters. The molecule has 28 heavy (non-hydrogen) atoms. The maximum absolute atomic E-state index is 12.5. The number of nitriles is 1. The highest BCUT2D eigenvalue weighted by atomic mass is 16.5. The van der Waals surface area contributed by atoms with E-state index in [1.807, 2.05) is 55.5 Å².